The molecule has 7 nitrogen and oxygen atoms in total. The zero-order chi connectivity index (χ0) is 21.1. The minimum atomic E-state index is -1.43. The van der Waals surface area contributed by atoms with E-state index in [0.717, 1.165) is 27.9 Å². The van der Waals surface area contributed by atoms with E-state index in [1.165, 1.54) is 13.3 Å². The quantitative estimate of drug-likeness (QED) is 0.680. The van der Waals surface area contributed by atoms with Gasteiger partial charge in [0, 0.05) is 18.3 Å². The fourth-order valence-electron chi connectivity index (χ4n) is 2.77. The van der Waals surface area contributed by atoms with Gasteiger partial charge in [-0.1, -0.05) is 12.1 Å². The Morgan fingerprint density at radius 1 is 1.17 bits per heavy atom. The van der Waals surface area contributed by atoms with Crippen LogP contribution in [0, 0.1) is 18.6 Å². The molecule has 1 aromatic heterocycles. The highest BCUT2D eigenvalue weighted by Gasteiger charge is 2.17. The zero-order valence-corrected chi connectivity index (χ0v) is 15.6. The number of hydrogen-bond acceptors (Lipinski definition) is 4. The van der Waals surface area contributed by atoms with Crippen molar-refractivity contribution < 1.29 is 28.2 Å². The SMILES string of the molecule is COC(=O)NCc1cc(-c2ccn(-c3c(F)cc(C(=O)O)cc3F)n2)ccc1C. The van der Waals surface area contributed by atoms with Gasteiger partial charge in [-0.05, 0) is 42.3 Å². The molecule has 0 bridgehead atoms. The van der Waals surface area contributed by atoms with Crippen LogP contribution < -0.4 is 5.32 Å². The van der Waals surface area contributed by atoms with Gasteiger partial charge >= 0.3 is 12.1 Å². The Labute approximate surface area is 164 Å². The number of methoxy groups -OCH3 is 1. The Balaban J connectivity index is 1.93. The van der Waals surface area contributed by atoms with Gasteiger partial charge in [-0.15, -0.1) is 0 Å². The van der Waals surface area contributed by atoms with E-state index in [1.807, 2.05) is 13.0 Å². The summed E-state index contributed by atoms with van der Waals surface area (Å²) in [4.78, 5) is 22.2. The number of benzene rings is 2. The second-order valence-electron chi connectivity index (χ2n) is 6.23. The van der Waals surface area contributed by atoms with Crippen LogP contribution in [0.5, 0.6) is 0 Å². The molecule has 0 aliphatic heterocycles. The molecule has 0 fully saturated rings. The summed E-state index contributed by atoms with van der Waals surface area (Å²) in [6.45, 7) is 2.12. The normalized spacial score (nSPS) is 10.6. The van der Waals surface area contributed by atoms with Crippen molar-refractivity contribution in [3.8, 4) is 16.9 Å². The Bertz CT molecular complexity index is 1070. The molecule has 150 valence electrons. The molecule has 0 aliphatic carbocycles. The lowest BCUT2D eigenvalue weighted by Gasteiger charge is -2.09. The fraction of sp³-hybridized carbons (Fsp3) is 0.150. The number of ether oxygens (including phenoxy) is 1. The standard InChI is InChI=1S/C20H17F2N3O4/c1-11-3-4-12(7-14(11)10-23-20(28)29-2)17-5-6-25(24-17)18-15(21)8-13(19(26)27)9-16(18)22/h3-9H,10H2,1-2H3,(H,23,28)(H,26,27). The Morgan fingerprint density at radius 2 is 1.86 bits per heavy atom. The molecule has 0 spiro atoms. The lowest BCUT2D eigenvalue weighted by molar-refractivity contribution is 0.0695. The average Bonchev–Trinajstić information content (AvgIpc) is 3.16. The van der Waals surface area contributed by atoms with Gasteiger partial charge in [0.2, 0.25) is 0 Å². The lowest BCUT2D eigenvalue weighted by Crippen LogP contribution is -2.22. The highest BCUT2D eigenvalue weighted by Crippen LogP contribution is 2.24. The third kappa shape index (κ3) is 4.23. The minimum absolute atomic E-state index is 0.243. The number of aromatic carboxylic acids is 1. The van der Waals surface area contributed by atoms with E-state index in [0.29, 0.717) is 11.3 Å². The van der Waals surface area contributed by atoms with Crippen molar-refractivity contribution in [2.75, 3.05) is 7.11 Å². The summed E-state index contributed by atoms with van der Waals surface area (Å²) in [7, 11) is 1.27. The summed E-state index contributed by atoms with van der Waals surface area (Å²) in [6, 6.07) is 8.49. The second kappa shape index (κ2) is 8.09. The zero-order valence-electron chi connectivity index (χ0n) is 15.6. The summed E-state index contributed by atoms with van der Waals surface area (Å²) in [5.41, 5.74) is 1.93. The molecule has 0 unspecified atom stereocenters. The van der Waals surface area contributed by atoms with Crippen LogP contribution in [0.3, 0.4) is 0 Å². The van der Waals surface area contributed by atoms with Crippen molar-refractivity contribution in [3.05, 3.63) is 70.9 Å². The van der Waals surface area contributed by atoms with E-state index in [2.05, 4.69) is 15.2 Å². The van der Waals surface area contributed by atoms with E-state index < -0.39 is 34.9 Å². The molecule has 29 heavy (non-hydrogen) atoms. The predicted octanol–water partition coefficient (Wildman–Crippen LogP) is 3.68. The molecule has 1 amide bonds. The fourth-order valence-corrected chi connectivity index (χ4v) is 2.77. The van der Waals surface area contributed by atoms with Gasteiger partial charge in [0.1, 0.15) is 5.69 Å². The molecule has 2 N–H and O–H groups in total. The molecule has 3 aromatic rings. The van der Waals surface area contributed by atoms with Crippen molar-refractivity contribution in [2.24, 2.45) is 0 Å². The van der Waals surface area contributed by atoms with Gasteiger partial charge in [-0.25, -0.2) is 23.1 Å². The molecule has 0 saturated carbocycles. The summed E-state index contributed by atoms with van der Waals surface area (Å²) in [5, 5.41) is 15.7. The molecule has 9 heteroatoms. The first-order valence-electron chi connectivity index (χ1n) is 8.50. The minimum Gasteiger partial charge on any atom is -0.478 e. The average molecular weight is 401 g/mol. The van der Waals surface area contributed by atoms with Crippen LogP contribution >= 0.6 is 0 Å². The van der Waals surface area contributed by atoms with Crippen LogP contribution in [0.2, 0.25) is 0 Å². The van der Waals surface area contributed by atoms with Gasteiger partial charge in [0.25, 0.3) is 0 Å². The van der Waals surface area contributed by atoms with Gasteiger partial charge in [-0.3, -0.25) is 0 Å². The Hall–Kier alpha value is -3.75. The van der Waals surface area contributed by atoms with Crippen molar-refractivity contribution >= 4 is 12.1 Å². The number of nitrogens with zero attached hydrogens (tertiary/aromatic N) is 2. The molecule has 0 aliphatic rings. The number of aromatic nitrogens is 2. The largest absolute Gasteiger partial charge is 0.478 e. The van der Waals surface area contributed by atoms with E-state index in [-0.39, 0.29) is 6.54 Å². The number of aryl methyl sites for hydroxylation is 1. The Morgan fingerprint density at radius 3 is 2.48 bits per heavy atom. The number of carboxylic acid groups (broad SMARTS) is 1. The van der Waals surface area contributed by atoms with Crippen LogP contribution in [0.4, 0.5) is 13.6 Å². The number of nitrogens with one attached hydrogen (secondary N) is 1. The number of hydrogen-bond donors (Lipinski definition) is 2. The first-order chi connectivity index (χ1) is 13.8. The molecule has 2 aromatic carbocycles. The number of alkyl carbamates (subject to hydrolysis) is 1. The number of amides is 1. The summed E-state index contributed by atoms with van der Waals surface area (Å²) < 4.78 is 34.1. The molecule has 0 atom stereocenters. The molecule has 0 radical (unpaired) electrons. The highest BCUT2D eigenvalue weighted by atomic mass is 19.1. The van der Waals surface area contributed by atoms with Crippen LogP contribution in [-0.2, 0) is 11.3 Å². The van der Waals surface area contributed by atoms with Gasteiger partial charge in [0.15, 0.2) is 11.6 Å². The predicted molar refractivity (Wildman–Crippen MR) is 99.9 cm³/mol. The summed E-state index contributed by atoms with van der Waals surface area (Å²) >= 11 is 0. The number of carboxylic acids is 1. The number of carbonyl (C=O) groups excluding carboxylic acids is 1. The molecule has 3 rings (SSSR count). The van der Waals surface area contributed by atoms with E-state index in [4.69, 9.17) is 5.11 Å². The second-order valence-corrected chi connectivity index (χ2v) is 6.23. The van der Waals surface area contributed by atoms with Crippen molar-refractivity contribution in [1.29, 1.82) is 0 Å². The first kappa shape index (κ1) is 20.0. The number of carbonyl (C=O) groups is 2. The summed E-state index contributed by atoms with van der Waals surface area (Å²) in [6.07, 6.45) is 0.818. The molecular weight excluding hydrogens is 384 g/mol. The maximum absolute atomic E-state index is 14.3. The molecule has 1 heterocycles. The van der Waals surface area contributed by atoms with Crippen LogP contribution in [0.1, 0.15) is 21.5 Å². The van der Waals surface area contributed by atoms with Gasteiger partial charge in [-0.2, -0.15) is 5.10 Å². The van der Waals surface area contributed by atoms with Crippen molar-refractivity contribution in [3.63, 3.8) is 0 Å². The van der Waals surface area contributed by atoms with Crippen LogP contribution in [0.15, 0.2) is 42.6 Å². The maximum atomic E-state index is 14.3. The van der Waals surface area contributed by atoms with E-state index in [9.17, 15) is 18.4 Å². The number of halogens is 2. The smallest absolute Gasteiger partial charge is 0.407 e. The van der Waals surface area contributed by atoms with Crippen molar-refractivity contribution in [1.82, 2.24) is 15.1 Å². The Kier molecular flexibility index (Phi) is 5.58. The van der Waals surface area contributed by atoms with Crippen molar-refractivity contribution in [2.45, 2.75) is 13.5 Å². The topological polar surface area (TPSA) is 93.5 Å². The van der Waals surface area contributed by atoms with Gasteiger partial charge in [0.05, 0.1) is 18.4 Å². The lowest BCUT2D eigenvalue weighted by atomic mass is 10.0. The highest BCUT2D eigenvalue weighted by molar-refractivity contribution is 5.87. The number of rotatable bonds is 5. The first-order valence-corrected chi connectivity index (χ1v) is 8.50. The van der Waals surface area contributed by atoms with E-state index >= 15 is 0 Å². The third-order valence-electron chi connectivity index (χ3n) is 4.34. The van der Waals surface area contributed by atoms with Crippen LogP contribution in [-0.4, -0.2) is 34.1 Å². The van der Waals surface area contributed by atoms with E-state index in [1.54, 1.807) is 18.2 Å². The molecule has 0 saturated heterocycles. The third-order valence-corrected chi connectivity index (χ3v) is 4.34. The molecular formula is C20H17F2N3O4. The maximum Gasteiger partial charge on any atom is 0.407 e. The summed E-state index contributed by atoms with van der Waals surface area (Å²) in [5.74, 6) is -3.50. The monoisotopic (exact) mass is 401 g/mol. The van der Waals surface area contributed by atoms with Crippen LogP contribution in [0.25, 0.3) is 16.9 Å². The van der Waals surface area contributed by atoms with Gasteiger partial charge < -0.3 is 15.2 Å².